The van der Waals surface area contributed by atoms with E-state index in [1.165, 1.54) is 6.42 Å². The highest BCUT2D eigenvalue weighted by Gasteiger charge is 2.40. The topological polar surface area (TPSA) is 66.4 Å². The van der Waals surface area contributed by atoms with Crippen molar-refractivity contribution < 1.29 is 14.7 Å². The third-order valence-corrected chi connectivity index (χ3v) is 4.69. The van der Waals surface area contributed by atoms with Crippen molar-refractivity contribution in [2.75, 3.05) is 0 Å². The molecule has 1 fully saturated rings. The molecule has 0 heterocycles. The Kier molecular flexibility index (Phi) is 4.99. The number of carbonyl (C=O) groups is 2. The smallest absolute Gasteiger partial charge is 0.310 e. The molecule has 4 heteroatoms. The van der Waals surface area contributed by atoms with Gasteiger partial charge in [0.25, 0.3) is 0 Å². The number of nitrogens with one attached hydrogen (secondary N) is 1. The highest BCUT2D eigenvalue weighted by Crippen LogP contribution is 2.33. The van der Waals surface area contributed by atoms with Crippen molar-refractivity contribution >= 4 is 11.9 Å². The molecule has 2 N–H and O–H groups in total. The zero-order chi connectivity index (χ0) is 14.7. The molecular weight excluding hydrogens is 242 g/mol. The van der Waals surface area contributed by atoms with Gasteiger partial charge in [-0.1, -0.05) is 33.1 Å². The van der Waals surface area contributed by atoms with Crippen LogP contribution >= 0.6 is 0 Å². The Bertz CT molecular complexity index is 345. The van der Waals surface area contributed by atoms with Crippen molar-refractivity contribution in [3.05, 3.63) is 0 Å². The van der Waals surface area contributed by atoms with E-state index in [4.69, 9.17) is 0 Å². The predicted molar refractivity (Wildman–Crippen MR) is 74.8 cm³/mol. The van der Waals surface area contributed by atoms with Crippen molar-refractivity contribution in [3.8, 4) is 0 Å². The van der Waals surface area contributed by atoms with Gasteiger partial charge in [-0.25, -0.2) is 0 Å². The van der Waals surface area contributed by atoms with Crippen LogP contribution in [0.3, 0.4) is 0 Å². The Morgan fingerprint density at radius 1 is 1.26 bits per heavy atom. The number of aliphatic carboxylic acids is 1. The molecule has 0 aromatic rings. The van der Waals surface area contributed by atoms with Gasteiger partial charge in [-0.15, -0.1) is 0 Å². The summed E-state index contributed by atoms with van der Waals surface area (Å²) in [7, 11) is 0. The fourth-order valence-corrected chi connectivity index (χ4v) is 2.70. The summed E-state index contributed by atoms with van der Waals surface area (Å²) >= 11 is 0. The molecule has 1 rings (SSSR count). The summed E-state index contributed by atoms with van der Waals surface area (Å²) in [5.41, 5.74) is -1.14. The van der Waals surface area contributed by atoms with Crippen LogP contribution in [0.5, 0.6) is 0 Å². The lowest BCUT2D eigenvalue weighted by Crippen LogP contribution is -2.49. The predicted octanol–water partition coefficient (Wildman–Crippen LogP) is 2.96. The molecule has 1 aliphatic carbocycles. The van der Waals surface area contributed by atoms with Gasteiger partial charge < -0.3 is 10.4 Å². The van der Waals surface area contributed by atoms with E-state index in [-0.39, 0.29) is 23.8 Å². The number of carboxylic acid groups (broad SMARTS) is 1. The summed E-state index contributed by atoms with van der Waals surface area (Å²) < 4.78 is 0. The maximum absolute atomic E-state index is 12.2. The van der Waals surface area contributed by atoms with Crippen LogP contribution in [0.4, 0.5) is 0 Å². The molecule has 1 amide bonds. The maximum Gasteiger partial charge on any atom is 0.310 e. The van der Waals surface area contributed by atoms with E-state index in [9.17, 15) is 14.7 Å². The summed E-state index contributed by atoms with van der Waals surface area (Å²) in [4.78, 5) is 23.6. The number of rotatable bonds is 5. The molecule has 0 spiro atoms. The molecule has 1 atom stereocenters. The first-order chi connectivity index (χ1) is 8.69. The molecule has 0 aromatic carbocycles. The molecule has 1 unspecified atom stereocenters. The van der Waals surface area contributed by atoms with Crippen molar-refractivity contribution in [1.82, 2.24) is 5.32 Å². The van der Waals surface area contributed by atoms with E-state index < -0.39 is 11.4 Å². The van der Waals surface area contributed by atoms with Gasteiger partial charge in [0.2, 0.25) is 5.91 Å². The van der Waals surface area contributed by atoms with Crippen LogP contribution in [-0.4, -0.2) is 22.5 Å². The minimum absolute atomic E-state index is 0.0512. The Labute approximate surface area is 116 Å². The van der Waals surface area contributed by atoms with Gasteiger partial charge in [-0.2, -0.15) is 0 Å². The van der Waals surface area contributed by atoms with Crippen LogP contribution < -0.4 is 5.32 Å². The standard InChI is InChI=1S/C15H27NO3/c1-11(2)15(4,13(18)19)10-12(17)16-14(3)8-6-5-7-9-14/h11H,5-10H2,1-4H3,(H,16,17)(H,18,19). The second-order valence-electron chi connectivity index (χ2n) is 6.72. The Hall–Kier alpha value is -1.06. The van der Waals surface area contributed by atoms with Crippen LogP contribution in [0, 0.1) is 11.3 Å². The van der Waals surface area contributed by atoms with Gasteiger partial charge in [-0.05, 0) is 32.6 Å². The van der Waals surface area contributed by atoms with Gasteiger partial charge in [-0.3, -0.25) is 9.59 Å². The third kappa shape index (κ3) is 3.95. The van der Waals surface area contributed by atoms with Crippen LogP contribution in [-0.2, 0) is 9.59 Å². The van der Waals surface area contributed by atoms with Crippen LogP contribution in [0.2, 0.25) is 0 Å². The molecule has 1 aliphatic rings. The quantitative estimate of drug-likeness (QED) is 0.806. The molecule has 0 aliphatic heterocycles. The summed E-state index contributed by atoms with van der Waals surface area (Å²) in [5, 5.41) is 12.4. The van der Waals surface area contributed by atoms with E-state index in [2.05, 4.69) is 12.2 Å². The minimum atomic E-state index is -0.991. The van der Waals surface area contributed by atoms with Gasteiger partial charge in [0.1, 0.15) is 0 Å². The minimum Gasteiger partial charge on any atom is -0.481 e. The second-order valence-corrected chi connectivity index (χ2v) is 6.72. The summed E-state index contributed by atoms with van der Waals surface area (Å²) in [6.07, 6.45) is 5.53. The number of amides is 1. The third-order valence-electron chi connectivity index (χ3n) is 4.69. The maximum atomic E-state index is 12.2. The second kappa shape index (κ2) is 5.93. The van der Waals surface area contributed by atoms with Crippen molar-refractivity contribution in [1.29, 1.82) is 0 Å². The lowest BCUT2D eigenvalue weighted by Gasteiger charge is -2.36. The Morgan fingerprint density at radius 2 is 1.79 bits per heavy atom. The fraction of sp³-hybridized carbons (Fsp3) is 0.867. The first-order valence-electron chi connectivity index (χ1n) is 7.24. The molecule has 0 bridgehead atoms. The molecule has 0 saturated heterocycles. The highest BCUT2D eigenvalue weighted by molar-refractivity contribution is 5.85. The number of carbonyl (C=O) groups excluding carboxylic acids is 1. The van der Waals surface area contributed by atoms with Gasteiger partial charge >= 0.3 is 5.97 Å². The van der Waals surface area contributed by atoms with Crippen LogP contribution in [0.25, 0.3) is 0 Å². The molecule has 4 nitrogen and oxygen atoms in total. The van der Waals surface area contributed by atoms with Crippen molar-refractivity contribution in [2.24, 2.45) is 11.3 Å². The molecule has 19 heavy (non-hydrogen) atoms. The Balaban J connectivity index is 2.65. The molecular formula is C15H27NO3. The fourth-order valence-electron chi connectivity index (χ4n) is 2.70. The first kappa shape index (κ1) is 16.0. The Morgan fingerprint density at radius 3 is 2.21 bits per heavy atom. The van der Waals surface area contributed by atoms with Gasteiger partial charge in [0.05, 0.1) is 5.41 Å². The molecule has 0 radical (unpaired) electrons. The van der Waals surface area contributed by atoms with E-state index in [0.29, 0.717) is 0 Å². The average molecular weight is 269 g/mol. The zero-order valence-corrected chi connectivity index (χ0v) is 12.6. The molecule has 110 valence electrons. The lowest BCUT2D eigenvalue weighted by atomic mass is 9.75. The van der Waals surface area contributed by atoms with Crippen LogP contribution in [0.1, 0.15) is 66.2 Å². The number of hydrogen-bond acceptors (Lipinski definition) is 2. The van der Waals surface area contributed by atoms with E-state index in [1.807, 2.05) is 13.8 Å². The number of carboxylic acids is 1. The normalized spacial score (nSPS) is 21.7. The lowest BCUT2D eigenvalue weighted by molar-refractivity contribution is -0.154. The van der Waals surface area contributed by atoms with E-state index in [1.54, 1.807) is 6.92 Å². The van der Waals surface area contributed by atoms with E-state index in [0.717, 1.165) is 25.7 Å². The SMILES string of the molecule is CC(C)C(C)(CC(=O)NC1(C)CCCCC1)C(=O)O. The summed E-state index contributed by atoms with van der Waals surface area (Å²) in [6, 6.07) is 0. The van der Waals surface area contributed by atoms with Crippen molar-refractivity contribution in [3.63, 3.8) is 0 Å². The van der Waals surface area contributed by atoms with Crippen molar-refractivity contribution in [2.45, 2.75) is 71.8 Å². The molecule has 1 saturated carbocycles. The number of hydrogen-bond donors (Lipinski definition) is 2. The largest absolute Gasteiger partial charge is 0.481 e. The summed E-state index contributed by atoms with van der Waals surface area (Å²) in [5.74, 6) is -1.11. The average Bonchev–Trinajstić information content (AvgIpc) is 2.28. The zero-order valence-electron chi connectivity index (χ0n) is 12.6. The monoisotopic (exact) mass is 269 g/mol. The van der Waals surface area contributed by atoms with Gasteiger partial charge in [0, 0.05) is 12.0 Å². The summed E-state index contributed by atoms with van der Waals surface area (Å²) in [6.45, 7) is 7.42. The van der Waals surface area contributed by atoms with Crippen LogP contribution in [0.15, 0.2) is 0 Å². The van der Waals surface area contributed by atoms with E-state index >= 15 is 0 Å². The molecule has 0 aromatic heterocycles. The first-order valence-corrected chi connectivity index (χ1v) is 7.24. The van der Waals surface area contributed by atoms with Gasteiger partial charge in [0.15, 0.2) is 0 Å². The highest BCUT2D eigenvalue weighted by atomic mass is 16.4.